The van der Waals surface area contributed by atoms with E-state index in [1.165, 1.54) is 0 Å². The molecule has 150 valence electrons. The summed E-state index contributed by atoms with van der Waals surface area (Å²) < 4.78 is 12.4. The van der Waals surface area contributed by atoms with Crippen LogP contribution in [-0.2, 0) is 16.1 Å². The minimum absolute atomic E-state index is 0.0180. The van der Waals surface area contributed by atoms with Crippen molar-refractivity contribution >= 4 is 27.5 Å². The Kier molecular flexibility index (Phi) is 7.34. The van der Waals surface area contributed by atoms with Crippen LogP contribution in [0.4, 0.5) is 5.69 Å². The van der Waals surface area contributed by atoms with Crippen LogP contribution in [0.3, 0.4) is 0 Å². The van der Waals surface area contributed by atoms with Gasteiger partial charge in [-0.2, -0.15) is 0 Å². The lowest BCUT2D eigenvalue weighted by Crippen LogP contribution is -2.39. The topological polar surface area (TPSA) is 42.0 Å². The van der Waals surface area contributed by atoms with Gasteiger partial charge < -0.3 is 19.3 Å². The van der Waals surface area contributed by atoms with E-state index in [-0.39, 0.29) is 18.6 Å². The van der Waals surface area contributed by atoms with E-state index in [0.29, 0.717) is 18.8 Å². The zero-order chi connectivity index (χ0) is 19.9. The highest BCUT2D eigenvalue weighted by molar-refractivity contribution is 9.10. The summed E-state index contributed by atoms with van der Waals surface area (Å²) in [4.78, 5) is 16.8. The average Bonchev–Trinajstić information content (AvgIpc) is 3.20. The van der Waals surface area contributed by atoms with Gasteiger partial charge in [-0.1, -0.05) is 28.1 Å². The van der Waals surface area contributed by atoms with Crippen LogP contribution < -0.4 is 9.64 Å². The molecule has 6 heteroatoms. The van der Waals surface area contributed by atoms with Crippen LogP contribution in [0.2, 0.25) is 0 Å². The number of carbonyl (C=O) groups excluding carboxylic acids is 1. The van der Waals surface area contributed by atoms with Crippen molar-refractivity contribution in [3.05, 3.63) is 58.6 Å². The lowest BCUT2D eigenvalue weighted by molar-refractivity contribution is -0.135. The summed E-state index contributed by atoms with van der Waals surface area (Å²) in [7, 11) is 4.03. The third-order valence-electron chi connectivity index (χ3n) is 4.80. The maximum Gasteiger partial charge on any atom is 0.260 e. The van der Waals surface area contributed by atoms with E-state index in [2.05, 4.69) is 45.1 Å². The normalized spacial score (nSPS) is 16.0. The van der Waals surface area contributed by atoms with Gasteiger partial charge in [0, 0.05) is 44.0 Å². The lowest BCUT2D eigenvalue weighted by atomic mass is 10.1. The second-order valence-electron chi connectivity index (χ2n) is 7.21. The lowest BCUT2D eigenvalue weighted by Gasteiger charge is -2.26. The monoisotopic (exact) mass is 446 g/mol. The molecular weight excluding hydrogens is 420 g/mol. The molecule has 3 rings (SSSR count). The molecule has 2 aromatic rings. The molecule has 0 aromatic heterocycles. The van der Waals surface area contributed by atoms with Gasteiger partial charge in [-0.25, -0.2) is 0 Å². The number of ether oxygens (including phenoxy) is 2. The molecule has 1 fully saturated rings. The van der Waals surface area contributed by atoms with Crippen LogP contribution in [0.15, 0.2) is 53.0 Å². The van der Waals surface area contributed by atoms with Crippen molar-refractivity contribution in [2.24, 2.45) is 0 Å². The molecule has 1 amide bonds. The van der Waals surface area contributed by atoms with Gasteiger partial charge in [-0.15, -0.1) is 0 Å². The van der Waals surface area contributed by atoms with E-state index in [1.807, 2.05) is 43.3 Å². The average molecular weight is 447 g/mol. The number of rotatable bonds is 8. The highest BCUT2D eigenvalue weighted by Gasteiger charge is 2.23. The molecule has 2 aromatic carbocycles. The Morgan fingerprint density at radius 2 is 1.86 bits per heavy atom. The fraction of sp³-hybridized carbons (Fsp3) is 0.409. The number of nitrogens with zero attached hydrogens (tertiary/aromatic N) is 2. The van der Waals surface area contributed by atoms with E-state index in [9.17, 15) is 4.79 Å². The number of hydrogen-bond donors (Lipinski definition) is 0. The summed E-state index contributed by atoms with van der Waals surface area (Å²) in [5, 5.41) is 0. The number of amides is 1. The molecular formula is C22H27BrN2O3. The fourth-order valence-corrected chi connectivity index (χ4v) is 3.44. The minimum atomic E-state index is -0.0323. The Labute approximate surface area is 175 Å². The fourth-order valence-electron chi connectivity index (χ4n) is 3.18. The van der Waals surface area contributed by atoms with Gasteiger partial charge in [-0.3, -0.25) is 4.79 Å². The predicted molar refractivity (Wildman–Crippen MR) is 115 cm³/mol. The molecule has 0 N–H and O–H groups in total. The molecule has 0 radical (unpaired) electrons. The van der Waals surface area contributed by atoms with Gasteiger partial charge in [0.25, 0.3) is 5.91 Å². The predicted octanol–water partition coefficient (Wildman–Crippen LogP) is 4.10. The van der Waals surface area contributed by atoms with Crippen molar-refractivity contribution in [3.63, 3.8) is 0 Å². The molecule has 1 aliphatic rings. The molecule has 0 bridgehead atoms. The first-order chi connectivity index (χ1) is 13.5. The highest BCUT2D eigenvalue weighted by atomic mass is 79.9. The Morgan fingerprint density at radius 1 is 1.14 bits per heavy atom. The van der Waals surface area contributed by atoms with Gasteiger partial charge in [-0.05, 0) is 54.8 Å². The Balaban J connectivity index is 1.64. The van der Waals surface area contributed by atoms with E-state index in [4.69, 9.17) is 9.47 Å². The number of anilines is 1. The summed E-state index contributed by atoms with van der Waals surface area (Å²) in [6.45, 7) is 1.94. The Morgan fingerprint density at radius 3 is 2.46 bits per heavy atom. The first-order valence-corrected chi connectivity index (χ1v) is 10.3. The molecule has 0 saturated carbocycles. The maximum absolute atomic E-state index is 12.9. The largest absolute Gasteiger partial charge is 0.484 e. The molecule has 0 aliphatic carbocycles. The van der Waals surface area contributed by atoms with Crippen LogP contribution in [0.1, 0.15) is 18.4 Å². The minimum Gasteiger partial charge on any atom is -0.484 e. The first-order valence-electron chi connectivity index (χ1n) is 9.55. The molecule has 1 saturated heterocycles. The van der Waals surface area contributed by atoms with E-state index in [1.54, 1.807) is 0 Å². The summed E-state index contributed by atoms with van der Waals surface area (Å²) in [5.41, 5.74) is 2.24. The van der Waals surface area contributed by atoms with Gasteiger partial charge in [0.15, 0.2) is 6.61 Å². The van der Waals surface area contributed by atoms with Crippen LogP contribution in [-0.4, -0.2) is 50.8 Å². The second kappa shape index (κ2) is 9.94. The summed E-state index contributed by atoms with van der Waals surface area (Å²) >= 11 is 3.40. The first kappa shape index (κ1) is 20.7. The van der Waals surface area contributed by atoms with Gasteiger partial charge in [0.2, 0.25) is 0 Å². The van der Waals surface area contributed by atoms with E-state index < -0.39 is 0 Å². The molecule has 5 nitrogen and oxygen atoms in total. The SMILES string of the molecule is CN(C)c1ccc(CN(C[C@H]2CCCO2)C(=O)COc2ccc(Br)cc2)cc1. The van der Waals surface area contributed by atoms with E-state index >= 15 is 0 Å². The molecule has 1 heterocycles. The zero-order valence-electron chi connectivity index (χ0n) is 16.4. The van der Waals surface area contributed by atoms with Gasteiger partial charge >= 0.3 is 0 Å². The summed E-state index contributed by atoms with van der Waals surface area (Å²) in [6.07, 6.45) is 2.16. The standard InChI is InChI=1S/C22H27BrN2O3/c1-24(2)19-9-5-17(6-10-19)14-25(15-21-4-3-13-27-21)22(26)16-28-20-11-7-18(23)8-12-20/h5-12,21H,3-4,13-16H2,1-2H3/t21-/m1/s1. The third-order valence-corrected chi connectivity index (χ3v) is 5.33. The maximum atomic E-state index is 12.9. The van der Waals surface area contributed by atoms with Crippen molar-refractivity contribution in [1.82, 2.24) is 4.90 Å². The summed E-state index contributed by atoms with van der Waals surface area (Å²) in [6, 6.07) is 15.8. The van der Waals surface area contributed by atoms with Crippen molar-refractivity contribution < 1.29 is 14.3 Å². The summed E-state index contributed by atoms with van der Waals surface area (Å²) in [5.74, 6) is 0.652. The van der Waals surface area contributed by atoms with Gasteiger partial charge in [0.05, 0.1) is 6.10 Å². The number of carbonyl (C=O) groups is 1. The van der Waals surface area contributed by atoms with Crippen molar-refractivity contribution in [2.75, 3.05) is 38.8 Å². The third kappa shape index (κ3) is 5.97. The van der Waals surface area contributed by atoms with Crippen LogP contribution >= 0.6 is 15.9 Å². The van der Waals surface area contributed by atoms with Crippen LogP contribution in [0.5, 0.6) is 5.75 Å². The molecule has 0 spiro atoms. The smallest absolute Gasteiger partial charge is 0.260 e. The number of halogens is 1. The molecule has 1 atom stereocenters. The van der Waals surface area contributed by atoms with Crippen LogP contribution in [0.25, 0.3) is 0 Å². The molecule has 0 unspecified atom stereocenters. The molecule has 28 heavy (non-hydrogen) atoms. The number of hydrogen-bond acceptors (Lipinski definition) is 4. The quantitative estimate of drug-likeness (QED) is 0.611. The van der Waals surface area contributed by atoms with Crippen molar-refractivity contribution in [1.29, 1.82) is 0 Å². The highest BCUT2D eigenvalue weighted by Crippen LogP contribution is 2.19. The Hall–Kier alpha value is -2.05. The van der Waals surface area contributed by atoms with E-state index in [0.717, 1.165) is 35.2 Å². The second-order valence-corrected chi connectivity index (χ2v) is 8.13. The number of benzene rings is 2. The Bertz CT molecular complexity index is 756. The van der Waals surface area contributed by atoms with Crippen molar-refractivity contribution in [2.45, 2.75) is 25.5 Å². The zero-order valence-corrected chi connectivity index (χ0v) is 18.0. The van der Waals surface area contributed by atoms with Crippen molar-refractivity contribution in [3.8, 4) is 5.75 Å². The van der Waals surface area contributed by atoms with Gasteiger partial charge in [0.1, 0.15) is 5.75 Å². The van der Waals surface area contributed by atoms with Crippen LogP contribution in [0, 0.1) is 0 Å². The molecule has 1 aliphatic heterocycles.